The van der Waals surface area contributed by atoms with E-state index in [9.17, 15) is 0 Å². The molecule has 0 bridgehead atoms. The Bertz CT molecular complexity index is 4140. The summed E-state index contributed by atoms with van der Waals surface area (Å²) in [5.41, 5.74) is 11.3. The van der Waals surface area contributed by atoms with Crippen LogP contribution in [0, 0.1) is 23.7 Å². The van der Waals surface area contributed by atoms with Crippen molar-refractivity contribution < 1.29 is 14.2 Å². The largest absolute Gasteiger partial charge is 0.481 e. The van der Waals surface area contributed by atoms with Gasteiger partial charge in [-0.25, -0.2) is 0 Å². The highest BCUT2D eigenvalue weighted by Gasteiger charge is 2.49. The molecule has 2 heterocycles. The van der Waals surface area contributed by atoms with E-state index in [0.717, 1.165) is 43.2 Å². The molecule has 0 N–H and O–H groups in total. The van der Waals surface area contributed by atoms with Crippen molar-refractivity contribution >= 4 is 65.8 Å². The van der Waals surface area contributed by atoms with Crippen LogP contribution in [0.3, 0.4) is 0 Å². The Morgan fingerprint density at radius 2 is 0.787 bits per heavy atom. The van der Waals surface area contributed by atoms with Crippen LogP contribution < -0.4 is 14.2 Å². The number of ether oxygens (including phenoxy) is 3. The van der Waals surface area contributed by atoms with Gasteiger partial charge in [0.05, 0.1) is 10.8 Å². The zero-order valence-corrected chi connectivity index (χ0v) is 42.9. The van der Waals surface area contributed by atoms with Gasteiger partial charge in [0.15, 0.2) is 10.1 Å². The standard InChI is InChI=1S/C70H46O3S2/c1-3-5-39-71-53-31-25-47-41-51(29-23-49(47)43-53)69(59-21-13-11-19-57(59)67-55-17-9-7-15-45(55)27-33-61(67)69)63-35-37-65(74-63)73-66-38-36-64(75-66)70(52-30-24-50-44-54(72-40-6-4-2)32-26-48(50)42-52)60-22-14-12-20-58(60)68-56-18-10-8-16-46(56)28-34-62(68)70/h7-38,41-44H,39-40H2,1-2H3. The van der Waals surface area contributed by atoms with Crippen molar-refractivity contribution in [2.45, 2.75) is 24.7 Å². The molecule has 2 aromatic heterocycles. The summed E-state index contributed by atoms with van der Waals surface area (Å²) in [5.74, 6) is 13.5. The van der Waals surface area contributed by atoms with Gasteiger partial charge in [0.1, 0.15) is 24.7 Å². The summed E-state index contributed by atoms with van der Waals surface area (Å²) < 4.78 is 19.2. The van der Waals surface area contributed by atoms with Gasteiger partial charge in [0, 0.05) is 9.75 Å². The summed E-state index contributed by atoms with van der Waals surface area (Å²) in [4.78, 5) is 2.39. The van der Waals surface area contributed by atoms with Gasteiger partial charge in [-0.05, 0) is 173 Å². The Balaban J connectivity index is 0.912. The van der Waals surface area contributed by atoms with Crippen LogP contribution >= 0.6 is 22.7 Å². The van der Waals surface area contributed by atoms with E-state index in [4.69, 9.17) is 14.2 Å². The maximum absolute atomic E-state index is 7.15. The molecule has 0 fully saturated rings. The first-order chi connectivity index (χ1) is 37.1. The third kappa shape index (κ3) is 6.97. The van der Waals surface area contributed by atoms with E-state index in [1.54, 1.807) is 22.7 Å². The second-order valence-corrected chi connectivity index (χ2v) is 21.3. The third-order valence-electron chi connectivity index (χ3n) is 15.4. The molecule has 14 rings (SSSR count). The zero-order valence-electron chi connectivity index (χ0n) is 41.2. The van der Waals surface area contributed by atoms with Crippen molar-refractivity contribution in [2.24, 2.45) is 0 Å². The number of hydrogen-bond acceptors (Lipinski definition) is 5. The van der Waals surface area contributed by atoms with Crippen LogP contribution in [0.15, 0.2) is 218 Å². The van der Waals surface area contributed by atoms with Crippen LogP contribution in [-0.2, 0) is 10.8 Å². The van der Waals surface area contributed by atoms with Gasteiger partial charge in [-0.1, -0.05) is 170 Å². The molecule has 0 spiro atoms. The molecule has 12 aromatic rings. The first-order valence-corrected chi connectivity index (χ1v) is 27.0. The van der Waals surface area contributed by atoms with Crippen LogP contribution in [0.2, 0.25) is 0 Å². The van der Waals surface area contributed by atoms with Crippen LogP contribution in [0.25, 0.3) is 65.3 Å². The minimum atomic E-state index is -0.625. The Labute approximate surface area is 444 Å². The molecule has 0 amide bonds. The molecule has 5 heteroatoms. The minimum Gasteiger partial charge on any atom is -0.481 e. The lowest BCUT2D eigenvalue weighted by atomic mass is 9.71. The lowest BCUT2D eigenvalue weighted by Crippen LogP contribution is -2.27. The molecule has 2 aliphatic rings. The molecule has 2 aliphatic carbocycles. The predicted molar refractivity (Wildman–Crippen MR) is 311 cm³/mol. The number of rotatable bonds is 10. The predicted octanol–water partition coefficient (Wildman–Crippen LogP) is 17.7. The SMILES string of the molecule is CC#CCOc1ccc2cc(C3(c4ccc(Oc5ccc(C6(c7ccc8cc(OCC#CC)ccc8c7)c7ccccc7-c7c6ccc6ccccc76)s5)s4)c4ccccc4-c4c3ccc3ccccc43)ccc2c1. The fourth-order valence-electron chi connectivity index (χ4n) is 12.3. The lowest BCUT2D eigenvalue weighted by Gasteiger charge is -2.32. The number of hydrogen-bond donors (Lipinski definition) is 0. The highest BCUT2D eigenvalue weighted by molar-refractivity contribution is 7.15. The van der Waals surface area contributed by atoms with Gasteiger partial charge < -0.3 is 14.2 Å². The molecule has 0 saturated carbocycles. The minimum absolute atomic E-state index is 0.360. The number of thiophene rings is 2. The highest BCUT2D eigenvalue weighted by Crippen LogP contribution is 2.62. The van der Waals surface area contributed by atoms with Crippen LogP contribution in [0.4, 0.5) is 0 Å². The van der Waals surface area contributed by atoms with E-state index in [0.29, 0.717) is 13.2 Å². The van der Waals surface area contributed by atoms with Gasteiger partial charge in [-0.3, -0.25) is 0 Å². The Morgan fingerprint density at radius 3 is 1.27 bits per heavy atom. The third-order valence-corrected chi connectivity index (χ3v) is 17.6. The molecule has 0 radical (unpaired) electrons. The lowest BCUT2D eigenvalue weighted by molar-refractivity contribution is 0.370. The van der Waals surface area contributed by atoms with Crippen molar-refractivity contribution in [3.05, 3.63) is 262 Å². The molecule has 0 saturated heterocycles. The summed E-state index contributed by atoms with van der Waals surface area (Å²) in [6.45, 7) is 4.39. The van der Waals surface area contributed by atoms with E-state index in [1.807, 2.05) is 13.8 Å². The molecule has 10 aromatic carbocycles. The second-order valence-electron chi connectivity index (χ2n) is 19.2. The smallest absolute Gasteiger partial charge is 0.182 e. The normalized spacial score (nSPS) is 15.9. The van der Waals surface area contributed by atoms with Gasteiger partial charge in [0.2, 0.25) is 0 Å². The van der Waals surface area contributed by atoms with Crippen molar-refractivity contribution in [3.8, 4) is 67.6 Å². The van der Waals surface area contributed by atoms with E-state index in [-0.39, 0.29) is 0 Å². The summed E-state index contributed by atoms with van der Waals surface area (Å²) in [5, 5.41) is 11.1. The highest BCUT2D eigenvalue weighted by atomic mass is 32.1. The van der Waals surface area contributed by atoms with Crippen LogP contribution in [0.1, 0.15) is 57.0 Å². The Morgan fingerprint density at radius 1 is 0.373 bits per heavy atom. The van der Waals surface area contributed by atoms with Gasteiger partial charge in [0.25, 0.3) is 0 Å². The number of benzene rings is 10. The maximum atomic E-state index is 7.15. The van der Waals surface area contributed by atoms with Gasteiger partial charge in [-0.15, -0.1) is 34.5 Å². The fourth-order valence-corrected chi connectivity index (χ4v) is 14.5. The van der Waals surface area contributed by atoms with E-state index in [1.165, 1.54) is 86.9 Å². The van der Waals surface area contributed by atoms with Crippen molar-refractivity contribution in [2.75, 3.05) is 13.2 Å². The van der Waals surface area contributed by atoms with E-state index in [2.05, 4.69) is 242 Å². The second kappa shape index (κ2) is 18.0. The molecule has 2 unspecified atom stereocenters. The van der Waals surface area contributed by atoms with Gasteiger partial charge in [-0.2, -0.15) is 0 Å². The van der Waals surface area contributed by atoms with Crippen molar-refractivity contribution in [3.63, 3.8) is 0 Å². The summed E-state index contributed by atoms with van der Waals surface area (Å²) >= 11 is 3.46. The molecule has 356 valence electrons. The van der Waals surface area contributed by atoms with Crippen LogP contribution in [0.5, 0.6) is 21.6 Å². The molecular weight excluding hydrogens is 953 g/mol. The summed E-state index contributed by atoms with van der Waals surface area (Å²) in [7, 11) is 0. The zero-order chi connectivity index (χ0) is 50.1. The molecule has 75 heavy (non-hydrogen) atoms. The summed E-state index contributed by atoms with van der Waals surface area (Å²) in [6, 6.07) is 80.3. The maximum Gasteiger partial charge on any atom is 0.182 e. The van der Waals surface area contributed by atoms with Gasteiger partial charge >= 0.3 is 0 Å². The Kier molecular flexibility index (Phi) is 10.7. The average molecular weight is 999 g/mol. The van der Waals surface area contributed by atoms with Crippen LogP contribution in [-0.4, -0.2) is 13.2 Å². The molecular formula is C70H46O3S2. The molecule has 3 nitrogen and oxygen atoms in total. The molecule has 2 atom stereocenters. The average Bonchev–Trinajstić information content (AvgIpc) is 4.29. The first-order valence-electron chi connectivity index (χ1n) is 25.3. The quantitative estimate of drug-likeness (QED) is 0.128. The Hall–Kier alpha value is -8.84. The topological polar surface area (TPSA) is 27.7 Å². The first kappa shape index (κ1) is 44.8. The fraction of sp³-hybridized carbons (Fsp3) is 0.0857. The van der Waals surface area contributed by atoms with E-state index >= 15 is 0 Å². The number of fused-ring (bicyclic) bond motifs is 12. The van der Waals surface area contributed by atoms with Crippen molar-refractivity contribution in [1.82, 2.24) is 0 Å². The van der Waals surface area contributed by atoms with E-state index < -0.39 is 10.8 Å². The van der Waals surface area contributed by atoms with Crippen molar-refractivity contribution in [1.29, 1.82) is 0 Å². The monoisotopic (exact) mass is 998 g/mol. The molecule has 0 aliphatic heterocycles. The summed E-state index contributed by atoms with van der Waals surface area (Å²) in [6.07, 6.45) is 0.